The third-order valence-electron chi connectivity index (χ3n) is 5.32. The van der Waals surface area contributed by atoms with Crippen LogP contribution in [-0.4, -0.2) is 0 Å². The maximum Gasteiger partial charge on any atom is 0.0317 e. The van der Waals surface area contributed by atoms with Gasteiger partial charge in [0.1, 0.15) is 0 Å². The fraction of sp³-hybridized carbons (Fsp3) is 0.333. The average Bonchev–Trinajstić information content (AvgIpc) is 2.63. The van der Waals surface area contributed by atoms with E-state index in [0.29, 0.717) is 11.8 Å². The Hall–Kier alpha value is -2.28. The molecule has 2 aromatic rings. The highest BCUT2D eigenvalue weighted by molar-refractivity contribution is 5.71. The van der Waals surface area contributed by atoms with Crippen LogP contribution in [0.2, 0.25) is 0 Å². The maximum absolute atomic E-state index is 6.08. The van der Waals surface area contributed by atoms with Gasteiger partial charge in [0.2, 0.25) is 0 Å². The molecule has 0 heterocycles. The third-order valence-corrected chi connectivity index (χ3v) is 5.32. The summed E-state index contributed by atoms with van der Waals surface area (Å²) in [6.07, 6.45) is 10.2. The zero-order chi connectivity index (χ0) is 17.8. The normalized spacial score (nSPS) is 18.0. The van der Waals surface area contributed by atoms with Gasteiger partial charge in [-0.25, -0.2) is 0 Å². The van der Waals surface area contributed by atoms with Crippen LogP contribution in [0.3, 0.4) is 0 Å². The van der Waals surface area contributed by atoms with Gasteiger partial charge in [-0.3, -0.25) is 0 Å². The van der Waals surface area contributed by atoms with Crippen molar-refractivity contribution in [2.75, 3.05) is 5.73 Å². The van der Waals surface area contributed by atoms with Gasteiger partial charge in [0, 0.05) is 5.69 Å². The van der Waals surface area contributed by atoms with Gasteiger partial charge in [0.15, 0.2) is 0 Å². The molecule has 2 atom stereocenters. The molecule has 0 saturated heterocycles. The zero-order valence-corrected chi connectivity index (χ0v) is 15.6. The summed E-state index contributed by atoms with van der Waals surface area (Å²) in [5.41, 5.74) is 13.6. The van der Waals surface area contributed by atoms with Crippen molar-refractivity contribution in [1.29, 1.82) is 0 Å². The lowest BCUT2D eigenvalue weighted by Crippen LogP contribution is -2.00. The Labute approximate surface area is 152 Å². The van der Waals surface area contributed by atoms with Gasteiger partial charge >= 0.3 is 0 Å². The van der Waals surface area contributed by atoms with E-state index in [4.69, 9.17) is 5.73 Å². The summed E-state index contributed by atoms with van der Waals surface area (Å²) < 4.78 is 0. The second-order valence-corrected chi connectivity index (χ2v) is 7.38. The molecule has 0 fully saturated rings. The van der Waals surface area contributed by atoms with Crippen LogP contribution in [0.25, 0.3) is 11.1 Å². The first-order valence-electron chi connectivity index (χ1n) is 9.42. The minimum absolute atomic E-state index is 0.611. The topological polar surface area (TPSA) is 26.0 Å². The molecule has 1 heteroatoms. The molecule has 2 aromatic carbocycles. The van der Waals surface area contributed by atoms with Crippen LogP contribution in [0, 0.1) is 5.92 Å². The van der Waals surface area contributed by atoms with E-state index in [2.05, 4.69) is 75.4 Å². The minimum Gasteiger partial charge on any atom is -0.399 e. The fourth-order valence-electron chi connectivity index (χ4n) is 3.39. The van der Waals surface area contributed by atoms with Crippen molar-refractivity contribution in [2.45, 2.75) is 46.0 Å². The average molecular weight is 332 g/mol. The molecule has 1 aliphatic rings. The summed E-state index contributed by atoms with van der Waals surface area (Å²) in [7, 11) is 0. The van der Waals surface area contributed by atoms with Crippen LogP contribution in [-0.2, 0) is 6.42 Å². The first-order valence-corrected chi connectivity index (χ1v) is 9.42. The second-order valence-electron chi connectivity index (χ2n) is 7.38. The lowest BCUT2D eigenvalue weighted by atomic mass is 9.89. The second kappa shape index (κ2) is 7.74. The van der Waals surface area contributed by atoms with Crippen molar-refractivity contribution < 1.29 is 0 Å². The van der Waals surface area contributed by atoms with Crippen LogP contribution < -0.4 is 5.73 Å². The monoisotopic (exact) mass is 331 g/mol. The Kier molecular flexibility index (Phi) is 5.43. The smallest absolute Gasteiger partial charge is 0.0317 e. The number of hydrogen-bond donors (Lipinski definition) is 1. The first kappa shape index (κ1) is 17.5. The van der Waals surface area contributed by atoms with Crippen molar-refractivity contribution in [1.82, 2.24) is 0 Å². The Morgan fingerprint density at radius 2 is 1.88 bits per heavy atom. The van der Waals surface area contributed by atoms with Gasteiger partial charge in [0.25, 0.3) is 0 Å². The van der Waals surface area contributed by atoms with E-state index in [1.165, 1.54) is 34.2 Å². The Morgan fingerprint density at radius 1 is 1.12 bits per heavy atom. The number of rotatable bonds is 5. The third kappa shape index (κ3) is 4.22. The summed E-state index contributed by atoms with van der Waals surface area (Å²) in [5.74, 6) is 1.26. The van der Waals surface area contributed by atoms with E-state index >= 15 is 0 Å². The Balaban J connectivity index is 1.90. The van der Waals surface area contributed by atoms with Gasteiger partial charge in [-0.05, 0) is 71.1 Å². The molecule has 0 aromatic heterocycles. The zero-order valence-electron chi connectivity index (χ0n) is 15.6. The predicted molar refractivity (Wildman–Crippen MR) is 110 cm³/mol. The van der Waals surface area contributed by atoms with Crippen molar-refractivity contribution in [3.8, 4) is 11.1 Å². The molecular formula is C24H29N. The van der Waals surface area contributed by atoms with Crippen LogP contribution in [0.4, 0.5) is 5.69 Å². The largest absolute Gasteiger partial charge is 0.399 e. The van der Waals surface area contributed by atoms with Gasteiger partial charge in [-0.1, -0.05) is 69.3 Å². The summed E-state index contributed by atoms with van der Waals surface area (Å²) in [5, 5.41) is 0. The molecule has 0 saturated carbocycles. The van der Waals surface area contributed by atoms with Crippen molar-refractivity contribution in [3.05, 3.63) is 77.4 Å². The SMILES string of the molecule is CCC(C)c1ccc(-c2ccc(N)cc2CC2=CCC(C)C=C2)cc1. The van der Waals surface area contributed by atoms with Gasteiger partial charge < -0.3 is 5.73 Å². The molecule has 0 spiro atoms. The van der Waals surface area contributed by atoms with Crippen LogP contribution in [0.15, 0.2) is 66.3 Å². The van der Waals surface area contributed by atoms with E-state index in [1.54, 1.807) is 0 Å². The summed E-state index contributed by atoms with van der Waals surface area (Å²) >= 11 is 0. The lowest BCUT2D eigenvalue weighted by molar-refractivity contribution is 0.728. The maximum atomic E-state index is 6.08. The van der Waals surface area contributed by atoms with Crippen LogP contribution >= 0.6 is 0 Å². The predicted octanol–water partition coefficient (Wildman–Crippen LogP) is 6.51. The number of anilines is 1. The highest BCUT2D eigenvalue weighted by Crippen LogP contribution is 2.30. The molecular weight excluding hydrogens is 302 g/mol. The van der Waals surface area contributed by atoms with Gasteiger partial charge in [0.05, 0.1) is 0 Å². The van der Waals surface area contributed by atoms with Crippen molar-refractivity contribution >= 4 is 5.69 Å². The summed E-state index contributed by atoms with van der Waals surface area (Å²) in [4.78, 5) is 0. The summed E-state index contributed by atoms with van der Waals surface area (Å²) in [6.45, 7) is 6.78. The van der Waals surface area contributed by atoms with E-state index in [9.17, 15) is 0 Å². The first-order chi connectivity index (χ1) is 12.1. The number of benzene rings is 2. The van der Waals surface area contributed by atoms with E-state index in [0.717, 1.165) is 18.5 Å². The van der Waals surface area contributed by atoms with Crippen molar-refractivity contribution in [2.24, 2.45) is 5.92 Å². The number of hydrogen-bond acceptors (Lipinski definition) is 1. The van der Waals surface area contributed by atoms with Crippen LogP contribution in [0.1, 0.15) is 50.7 Å². The fourth-order valence-corrected chi connectivity index (χ4v) is 3.39. The van der Waals surface area contributed by atoms with E-state index in [1.807, 2.05) is 6.07 Å². The van der Waals surface area contributed by atoms with Crippen molar-refractivity contribution in [3.63, 3.8) is 0 Å². The lowest BCUT2D eigenvalue weighted by Gasteiger charge is -2.16. The minimum atomic E-state index is 0.611. The molecule has 3 rings (SSSR count). The molecule has 0 radical (unpaired) electrons. The van der Waals surface area contributed by atoms with E-state index < -0.39 is 0 Å². The molecule has 0 aliphatic heterocycles. The van der Waals surface area contributed by atoms with Gasteiger partial charge in [-0.2, -0.15) is 0 Å². The molecule has 2 unspecified atom stereocenters. The quantitative estimate of drug-likeness (QED) is 0.621. The summed E-state index contributed by atoms with van der Waals surface area (Å²) in [6, 6.07) is 15.3. The molecule has 130 valence electrons. The molecule has 2 N–H and O–H groups in total. The van der Waals surface area contributed by atoms with Gasteiger partial charge in [-0.15, -0.1) is 0 Å². The number of allylic oxidation sites excluding steroid dienone is 4. The highest BCUT2D eigenvalue weighted by Gasteiger charge is 2.11. The number of nitrogen functional groups attached to an aromatic ring is 1. The van der Waals surface area contributed by atoms with E-state index in [-0.39, 0.29) is 0 Å². The number of nitrogens with two attached hydrogens (primary N) is 1. The molecule has 25 heavy (non-hydrogen) atoms. The highest BCUT2D eigenvalue weighted by atomic mass is 14.5. The Bertz CT molecular complexity index is 780. The molecule has 0 bridgehead atoms. The Morgan fingerprint density at radius 3 is 2.52 bits per heavy atom. The molecule has 0 amide bonds. The van der Waals surface area contributed by atoms with Crippen LogP contribution in [0.5, 0.6) is 0 Å². The molecule has 1 aliphatic carbocycles. The standard InChI is InChI=1S/C24H29N/c1-4-18(3)20-9-11-21(12-10-20)24-14-13-23(25)16-22(24)15-19-7-5-17(2)6-8-19/h5,7-14,16-18H,4,6,15,25H2,1-3H3. The molecule has 1 nitrogen and oxygen atoms in total.